The SMILES string of the molecule is CCn1cc(C(NC)C2CN3CCCC3CO2)cn1. The van der Waals surface area contributed by atoms with Crippen molar-refractivity contribution in [3.05, 3.63) is 18.0 Å². The van der Waals surface area contributed by atoms with Gasteiger partial charge in [-0.3, -0.25) is 9.58 Å². The summed E-state index contributed by atoms with van der Waals surface area (Å²) in [6.45, 7) is 6.17. The Bertz CT molecular complexity index is 419. The molecule has 3 unspecified atom stereocenters. The summed E-state index contributed by atoms with van der Waals surface area (Å²) in [5, 5.41) is 7.77. The molecule has 3 atom stereocenters. The van der Waals surface area contributed by atoms with E-state index in [9.17, 15) is 0 Å². The van der Waals surface area contributed by atoms with Gasteiger partial charge in [-0.15, -0.1) is 0 Å². The van der Waals surface area contributed by atoms with E-state index in [2.05, 4.69) is 28.4 Å². The molecule has 19 heavy (non-hydrogen) atoms. The number of hydrogen-bond donors (Lipinski definition) is 1. The van der Waals surface area contributed by atoms with E-state index in [-0.39, 0.29) is 12.1 Å². The molecule has 3 heterocycles. The van der Waals surface area contributed by atoms with Crippen LogP contribution in [0.2, 0.25) is 0 Å². The van der Waals surface area contributed by atoms with Crippen LogP contribution in [0, 0.1) is 0 Å². The second-order valence-corrected chi connectivity index (χ2v) is 5.56. The Morgan fingerprint density at radius 2 is 2.47 bits per heavy atom. The standard InChI is InChI=1S/C14H24N4O/c1-3-18-8-11(7-16-18)14(15-2)13-9-17-6-4-5-12(17)10-19-13/h7-8,12-15H,3-6,9-10H2,1-2H3. The predicted molar refractivity (Wildman–Crippen MR) is 74.0 cm³/mol. The van der Waals surface area contributed by atoms with Crippen LogP contribution < -0.4 is 5.32 Å². The Hall–Kier alpha value is -0.910. The van der Waals surface area contributed by atoms with Gasteiger partial charge in [-0.2, -0.15) is 5.10 Å². The van der Waals surface area contributed by atoms with Crippen molar-refractivity contribution in [1.82, 2.24) is 20.0 Å². The first-order valence-electron chi connectivity index (χ1n) is 7.37. The summed E-state index contributed by atoms with van der Waals surface area (Å²) in [5.74, 6) is 0. The Morgan fingerprint density at radius 3 is 3.21 bits per heavy atom. The van der Waals surface area contributed by atoms with Crippen LogP contribution in [0.15, 0.2) is 12.4 Å². The van der Waals surface area contributed by atoms with Crippen molar-refractivity contribution in [3.63, 3.8) is 0 Å². The third-order valence-corrected chi connectivity index (χ3v) is 4.44. The van der Waals surface area contributed by atoms with Gasteiger partial charge in [-0.1, -0.05) is 0 Å². The monoisotopic (exact) mass is 264 g/mol. The zero-order valence-corrected chi connectivity index (χ0v) is 11.9. The van der Waals surface area contributed by atoms with Gasteiger partial charge >= 0.3 is 0 Å². The van der Waals surface area contributed by atoms with Gasteiger partial charge in [0.1, 0.15) is 0 Å². The topological polar surface area (TPSA) is 42.3 Å². The number of likely N-dealkylation sites (N-methyl/N-ethyl adjacent to an activating group) is 1. The fourth-order valence-electron chi connectivity index (χ4n) is 3.32. The average Bonchev–Trinajstić information content (AvgIpc) is 3.07. The van der Waals surface area contributed by atoms with E-state index in [1.165, 1.54) is 24.9 Å². The molecule has 0 aromatic carbocycles. The summed E-state index contributed by atoms with van der Waals surface area (Å²) in [6, 6.07) is 0.897. The number of nitrogens with zero attached hydrogens (tertiary/aromatic N) is 3. The number of aromatic nitrogens is 2. The van der Waals surface area contributed by atoms with Gasteiger partial charge in [-0.05, 0) is 33.4 Å². The smallest absolute Gasteiger partial charge is 0.0898 e. The minimum atomic E-state index is 0.230. The second kappa shape index (κ2) is 5.61. The molecular weight excluding hydrogens is 240 g/mol. The minimum Gasteiger partial charge on any atom is -0.373 e. The van der Waals surface area contributed by atoms with Crippen molar-refractivity contribution in [1.29, 1.82) is 0 Å². The maximum Gasteiger partial charge on any atom is 0.0898 e. The highest BCUT2D eigenvalue weighted by Gasteiger charge is 2.36. The third kappa shape index (κ3) is 2.55. The largest absolute Gasteiger partial charge is 0.373 e. The summed E-state index contributed by atoms with van der Waals surface area (Å²) in [7, 11) is 2.01. The fraction of sp³-hybridized carbons (Fsp3) is 0.786. The van der Waals surface area contributed by atoms with Crippen LogP contribution in [0.5, 0.6) is 0 Å². The van der Waals surface area contributed by atoms with Gasteiger partial charge in [0.25, 0.3) is 0 Å². The molecule has 2 saturated heterocycles. The van der Waals surface area contributed by atoms with Crippen LogP contribution in [-0.2, 0) is 11.3 Å². The van der Waals surface area contributed by atoms with Gasteiger partial charge in [0.15, 0.2) is 0 Å². The van der Waals surface area contributed by atoms with Gasteiger partial charge in [-0.25, -0.2) is 0 Å². The number of nitrogens with one attached hydrogen (secondary N) is 1. The van der Waals surface area contributed by atoms with Gasteiger partial charge in [0.2, 0.25) is 0 Å². The number of rotatable bonds is 4. The van der Waals surface area contributed by atoms with Crippen LogP contribution in [0.4, 0.5) is 0 Å². The molecule has 0 spiro atoms. The van der Waals surface area contributed by atoms with Crippen molar-refractivity contribution in [2.45, 2.75) is 44.5 Å². The molecule has 3 rings (SSSR count). The molecule has 1 aromatic rings. The van der Waals surface area contributed by atoms with Crippen LogP contribution in [0.1, 0.15) is 31.4 Å². The minimum absolute atomic E-state index is 0.230. The average molecular weight is 264 g/mol. The number of ether oxygens (including phenoxy) is 1. The van der Waals surface area contributed by atoms with Crippen molar-refractivity contribution in [2.24, 2.45) is 0 Å². The van der Waals surface area contributed by atoms with Gasteiger partial charge < -0.3 is 10.1 Å². The predicted octanol–water partition coefficient (Wildman–Crippen LogP) is 1.03. The second-order valence-electron chi connectivity index (χ2n) is 5.56. The van der Waals surface area contributed by atoms with Gasteiger partial charge in [0.05, 0.1) is 24.9 Å². The molecule has 2 aliphatic rings. The zero-order valence-electron chi connectivity index (χ0n) is 11.9. The van der Waals surface area contributed by atoms with Crippen molar-refractivity contribution < 1.29 is 4.74 Å². The highest BCUT2D eigenvalue weighted by Crippen LogP contribution is 2.28. The molecule has 0 bridgehead atoms. The lowest BCUT2D eigenvalue weighted by Gasteiger charge is -2.38. The van der Waals surface area contributed by atoms with E-state index in [0.717, 1.165) is 19.7 Å². The van der Waals surface area contributed by atoms with E-state index < -0.39 is 0 Å². The zero-order chi connectivity index (χ0) is 13.2. The van der Waals surface area contributed by atoms with Gasteiger partial charge in [0, 0.05) is 30.9 Å². The normalized spacial score (nSPS) is 29.4. The lowest BCUT2D eigenvalue weighted by molar-refractivity contribution is -0.0642. The lowest BCUT2D eigenvalue weighted by atomic mass is 10.0. The molecule has 0 saturated carbocycles. The summed E-state index contributed by atoms with van der Waals surface area (Å²) in [4.78, 5) is 2.59. The number of hydrogen-bond acceptors (Lipinski definition) is 4. The van der Waals surface area contributed by atoms with E-state index in [4.69, 9.17) is 4.74 Å². The number of aryl methyl sites for hydroxylation is 1. The molecular formula is C14H24N4O. The highest BCUT2D eigenvalue weighted by molar-refractivity contribution is 5.13. The van der Waals surface area contributed by atoms with E-state index in [1.807, 2.05) is 17.9 Å². The lowest BCUT2D eigenvalue weighted by Crippen LogP contribution is -2.50. The Morgan fingerprint density at radius 1 is 1.58 bits per heavy atom. The first kappa shape index (κ1) is 13.1. The molecule has 0 amide bonds. The van der Waals surface area contributed by atoms with Crippen LogP contribution in [-0.4, -0.2) is 53.6 Å². The molecule has 0 radical (unpaired) electrons. The molecule has 1 aromatic heterocycles. The maximum absolute atomic E-state index is 6.10. The summed E-state index contributed by atoms with van der Waals surface area (Å²) >= 11 is 0. The first-order valence-corrected chi connectivity index (χ1v) is 7.37. The third-order valence-electron chi connectivity index (χ3n) is 4.44. The quantitative estimate of drug-likeness (QED) is 0.882. The molecule has 5 nitrogen and oxygen atoms in total. The molecule has 0 aliphatic carbocycles. The van der Waals surface area contributed by atoms with Crippen molar-refractivity contribution in [2.75, 3.05) is 26.7 Å². The Labute approximate surface area is 114 Å². The van der Waals surface area contributed by atoms with Crippen molar-refractivity contribution >= 4 is 0 Å². The maximum atomic E-state index is 6.10. The van der Waals surface area contributed by atoms with E-state index in [1.54, 1.807) is 0 Å². The Balaban J connectivity index is 1.71. The summed E-state index contributed by atoms with van der Waals surface area (Å²) < 4.78 is 8.07. The molecule has 1 N–H and O–H groups in total. The molecule has 5 heteroatoms. The summed E-state index contributed by atoms with van der Waals surface area (Å²) in [5.41, 5.74) is 1.23. The van der Waals surface area contributed by atoms with Crippen LogP contribution in [0.3, 0.4) is 0 Å². The summed E-state index contributed by atoms with van der Waals surface area (Å²) in [6.07, 6.45) is 6.93. The number of morpholine rings is 1. The van der Waals surface area contributed by atoms with Crippen molar-refractivity contribution in [3.8, 4) is 0 Å². The first-order chi connectivity index (χ1) is 9.31. The molecule has 106 valence electrons. The van der Waals surface area contributed by atoms with E-state index >= 15 is 0 Å². The fourth-order valence-corrected chi connectivity index (χ4v) is 3.32. The number of fused-ring (bicyclic) bond motifs is 1. The van der Waals surface area contributed by atoms with E-state index in [0.29, 0.717) is 6.04 Å². The Kier molecular flexibility index (Phi) is 3.86. The molecule has 2 aliphatic heterocycles. The van der Waals surface area contributed by atoms with Crippen LogP contribution >= 0.6 is 0 Å². The highest BCUT2D eigenvalue weighted by atomic mass is 16.5. The molecule has 2 fully saturated rings. The van der Waals surface area contributed by atoms with Crippen LogP contribution in [0.25, 0.3) is 0 Å².